The normalized spacial score (nSPS) is 23.6. The summed E-state index contributed by atoms with van der Waals surface area (Å²) in [4.78, 5) is 1.99. The standard InChI is InChI=1S/C11H12N2O/c14-10-7-8-3-1-2-4-9(8)11-12-5-6-13(10)11/h1-4,7,10,12,14H,5-6H2. The Labute approximate surface area is 82.0 Å². The highest BCUT2D eigenvalue weighted by Gasteiger charge is 2.24. The summed E-state index contributed by atoms with van der Waals surface area (Å²) >= 11 is 0. The third kappa shape index (κ3) is 0.960. The van der Waals surface area contributed by atoms with Gasteiger partial charge in [-0.05, 0) is 11.3 Å². The van der Waals surface area contributed by atoms with Crippen molar-refractivity contribution in [1.29, 1.82) is 0 Å². The Kier molecular flexibility index (Phi) is 1.55. The van der Waals surface area contributed by atoms with E-state index in [4.69, 9.17) is 0 Å². The van der Waals surface area contributed by atoms with Crippen molar-refractivity contribution in [2.45, 2.75) is 6.23 Å². The van der Waals surface area contributed by atoms with Crippen LogP contribution >= 0.6 is 0 Å². The minimum absolute atomic E-state index is 0.477. The maximum absolute atomic E-state index is 9.84. The van der Waals surface area contributed by atoms with Crippen LogP contribution in [-0.4, -0.2) is 29.3 Å². The van der Waals surface area contributed by atoms with Gasteiger partial charge in [0.05, 0.1) is 0 Å². The average molecular weight is 188 g/mol. The Bertz CT molecular complexity index is 480. The maximum atomic E-state index is 9.84. The van der Waals surface area contributed by atoms with Crippen molar-refractivity contribution < 1.29 is 5.11 Å². The lowest BCUT2D eigenvalue weighted by Gasteiger charge is -2.25. The molecule has 2 aliphatic heterocycles. The molecule has 0 saturated carbocycles. The van der Waals surface area contributed by atoms with Gasteiger partial charge in [-0.2, -0.15) is 0 Å². The molecule has 0 aliphatic carbocycles. The third-order valence-corrected chi connectivity index (χ3v) is 2.80. The molecule has 72 valence electrons. The number of hydrogen-bond acceptors (Lipinski definition) is 3. The van der Waals surface area contributed by atoms with Gasteiger partial charge in [0, 0.05) is 18.3 Å². The molecule has 2 N–H and O–H groups in total. The minimum Gasteiger partial charge on any atom is -0.370 e. The molecule has 0 bridgehead atoms. The highest BCUT2D eigenvalue weighted by atomic mass is 16.3. The van der Waals surface area contributed by atoms with Crippen LogP contribution < -0.4 is 15.8 Å². The van der Waals surface area contributed by atoms with Crippen molar-refractivity contribution in [3.05, 3.63) is 34.7 Å². The summed E-state index contributed by atoms with van der Waals surface area (Å²) in [5.41, 5.74) is 0. The number of nitrogens with zero attached hydrogens (tertiary/aromatic N) is 1. The first-order valence-electron chi connectivity index (χ1n) is 4.86. The Morgan fingerprint density at radius 2 is 2.21 bits per heavy atom. The van der Waals surface area contributed by atoms with E-state index in [9.17, 15) is 5.11 Å². The van der Waals surface area contributed by atoms with Crippen LogP contribution in [0.25, 0.3) is 11.9 Å². The Hall–Kier alpha value is -1.48. The van der Waals surface area contributed by atoms with Crippen molar-refractivity contribution in [3.8, 4) is 0 Å². The van der Waals surface area contributed by atoms with E-state index in [1.165, 1.54) is 5.22 Å². The second-order valence-corrected chi connectivity index (χ2v) is 3.64. The first-order chi connectivity index (χ1) is 6.86. The number of aliphatic hydroxyl groups is 1. The zero-order chi connectivity index (χ0) is 9.54. The molecule has 1 saturated heterocycles. The zero-order valence-corrected chi connectivity index (χ0v) is 7.77. The van der Waals surface area contributed by atoms with Crippen LogP contribution in [0.2, 0.25) is 0 Å². The van der Waals surface area contributed by atoms with E-state index in [1.54, 1.807) is 0 Å². The lowest BCUT2D eigenvalue weighted by Crippen LogP contribution is -2.44. The van der Waals surface area contributed by atoms with Gasteiger partial charge in [0.1, 0.15) is 12.0 Å². The molecule has 0 spiro atoms. The molecule has 1 unspecified atom stereocenters. The molecular formula is C11H12N2O. The predicted octanol–water partition coefficient (Wildman–Crippen LogP) is -1.23. The lowest BCUT2D eigenvalue weighted by atomic mass is 10.1. The summed E-state index contributed by atoms with van der Waals surface area (Å²) in [6.07, 6.45) is 1.42. The van der Waals surface area contributed by atoms with E-state index in [0.29, 0.717) is 0 Å². The minimum atomic E-state index is -0.477. The fourth-order valence-electron chi connectivity index (χ4n) is 2.13. The zero-order valence-electron chi connectivity index (χ0n) is 7.77. The predicted molar refractivity (Wildman–Crippen MR) is 54.3 cm³/mol. The molecule has 3 heteroatoms. The third-order valence-electron chi connectivity index (χ3n) is 2.80. The first kappa shape index (κ1) is 7.88. The Morgan fingerprint density at radius 1 is 1.36 bits per heavy atom. The van der Waals surface area contributed by atoms with Crippen LogP contribution in [0.15, 0.2) is 24.3 Å². The molecular weight excluding hydrogens is 176 g/mol. The van der Waals surface area contributed by atoms with E-state index in [2.05, 4.69) is 11.4 Å². The van der Waals surface area contributed by atoms with Crippen molar-refractivity contribution in [3.63, 3.8) is 0 Å². The van der Waals surface area contributed by atoms with Crippen molar-refractivity contribution in [2.24, 2.45) is 0 Å². The summed E-state index contributed by atoms with van der Waals surface area (Å²) in [7, 11) is 0. The van der Waals surface area contributed by atoms with Gasteiger partial charge in [-0.1, -0.05) is 24.3 Å². The van der Waals surface area contributed by atoms with Crippen LogP contribution in [0.3, 0.4) is 0 Å². The van der Waals surface area contributed by atoms with Crippen molar-refractivity contribution in [1.82, 2.24) is 10.2 Å². The molecule has 3 rings (SSSR count). The quantitative estimate of drug-likeness (QED) is 0.535. The van der Waals surface area contributed by atoms with Crippen LogP contribution in [-0.2, 0) is 0 Å². The van der Waals surface area contributed by atoms with Crippen molar-refractivity contribution >= 4 is 11.9 Å². The van der Waals surface area contributed by atoms with Crippen LogP contribution in [0, 0.1) is 0 Å². The van der Waals surface area contributed by atoms with Crippen LogP contribution in [0.5, 0.6) is 0 Å². The smallest absolute Gasteiger partial charge is 0.148 e. The summed E-state index contributed by atoms with van der Waals surface area (Å²) in [6, 6.07) is 8.13. The maximum Gasteiger partial charge on any atom is 0.148 e. The topological polar surface area (TPSA) is 35.5 Å². The van der Waals surface area contributed by atoms with Gasteiger partial charge in [0.25, 0.3) is 0 Å². The summed E-state index contributed by atoms with van der Waals surface area (Å²) < 4.78 is 0. The molecule has 2 aliphatic rings. The summed E-state index contributed by atoms with van der Waals surface area (Å²) in [5, 5.41) is 15.4. The molecule has 0 amide bonds. The fraction of sp³-hybridized carbons (Fsp3) is 0.273. The number of fused-ring (bicyclic) bond motifs is 2. The number of nitrogens with one attached hydrogen (secondary N) is 1. The monoisotopic (exact) mass is 188 g/mol. The van der Waals surface area contributed by atoms with E-state index in [1.807, 2.05) is 29.2 Å². The van der Waals surface area contributed by atoms with Gasteiger partial charge in [-0.3, -0.25) is 0 Å². The number of hydrogen-bond donors (Lipinski definition) is 2. The summed E-state index contributed by atoms with van der Waals surface area (Å²) in [5.74, 6) is 1.07. The highest BCUT2D eigenvalue weighted by molar-refractivity contribution is 5.51. The average Bonchev–Trinajstić information content (AvgIpc) is 2.67. The van der Waals surface area contributed by atoms with E-state index in [0.717, 1.165) is 24.1 Å². The number of aliphatic hydroxyl groups excluding tert-OH is 1. The largest absolute Gasteiger partial charge is 0.370 e. The first-order valence-corrected chi connectivity index (χ1v) is 4.86. The van der Waals surface area contributed by atoms with Gasteiger partial charge < -0.3 is 15.3 Å². The van der Waals surface area contributed by atoms with E-state index < -0.39 is 6.23 Å². The Morgan fingerprint density at radius 3 is 3.14 bits per heavy atom. The van der Waals surface area contributed by atoms with Gasteiger partial charge in [0.2, 0.25) is 0 Å². The van der Waals surface area contributed by atoms with E-state index >= 15 is 0 Å². The van der Waals surface area contributed by atoms with Gasteiger partial charge in [-0.25, -0.2) is 0 Å². The van der Waals surface area contributed by atoms with Gasteiger partial charge >= 0.3 is 0 Å². The molecule has 14 heavy (non-hydrogen) atoms. The second-order valence-electron chi connectivity index (χ2n) is 3.64. The van der Waals surface area contributed by atoms with Gasteiger partial charge in [-0.15, -0.1) is 0 Å². The molecule has 1 aromatic rings. The fourth-order valence-corrected chi connectivity index (χ4v) is 2.13. The number of rotatable bonds is 0. The molecule has 0 aromatic heterocycles. The molecule has 1 aromatic carbocycles. The number of benzene rings is 1. The molecule has 2 heterocycles. The summed E-state index contributed by atoms with van der Waals surface area (Å²) in [6.45, 7) is 1.79. The Balaban J connectivity index is 2.37. The SMILES string of the molecule is OC1C=c2ccccc2=C2NCCN21. The molecule has 1 atom stereocenters. The molecule has 1 fully saturated rings. The van der Waals surface area contributed by atoms with Crippen LogP contribution in [0.4, 0.5) is 0 Å². The van der Waals surface area contributed by atoms with Crippen LogP contribution in [0.1, 0.15) is 0 Å². The highest BCUT2D eigenvalue weighted by Crippen LogP contribution is 2.12. The molecule has 3 nitrogen and oxygen atoms in total. The lowest BCUT2D eigenvalue weighted by molar-refractivity contribution is 0.109. The second kappa shape index (κ2) is 2.75. The molecule has 0 radical (unpaired) electrons. The van der Waals surface area contributed by atoms with Gasteiger partial charge in [0.15, 0.2) is 0 Å². The van der Waals surface area contributed by atoms with E-state index in [-0.39, 0.29) is 0 Å². The van der Waals surface area contributed by atoms with Crippen molar-refractivity contribution in [2.75, 3.05) is 13.1 Å².